The SMILES string of the molecule is CN=C(C)c1ccc(C(O)(CCSCCC(N)C(=O)O)C(F)(F)F)cc1. The summed E-state index contributed by atoms with van der Waals surface area (Å²) in [6, 6.07) is 4.45. The van der Waals surface area contributed by atoms with E-state index in [1.165, 1.54) is 24.3 Å². The number of carbonyl (C=O) groups is 1. The van der Waals surface area contributed by atoms with Crippen molar-refractivity contribution < 1.29 is 28.2 Å². The molecule has 26 heavy (non-hydrogen) atoms. The van der Waals surface area contributed by atoms with E-state index < -0.39 is 30.2 Å². The van der Waals surface area contributed by atoms with Crippen molar-refractivity contribution in [3.05, 3.63) is 35.4 Å². The molecule has 1 aromatic rings. The molecule has 0 aliphatic rings. The van der Waals surface area contributed by atoms with Gasteiger partial charge in [-0.2, -0.15) is 24.9 Å². The molecule has 9 heteroatoms. The highest BCUT2D eigenvalue weighted by atomic mass is 32.2. The maximum absolute atomic E-state index is 13.5. The third-order valence-corrected chi connectivity index (χ3v) is 5.10. The summed E-state index contributed by atoms with van der Waals surface area (Å²) >= 11 is 1.13. The lowest BCUT2D eigenvalue weighted by molar-refractivity contribution is -0.267. The number of hydrogen-bond acceptors (Lipinski definition) is 5. The van der Waals surface area contributed by atoms with Crippen LogP contribution in [0.2, 0.25) is 0 Å². The first kappa shape index (κ1) is 22.5. The third-order valence-electron chi connectivity index (χ3n) is 4.08. The number of aliphatic hydroxyl groups is 1. The van der Waals surface area contributed by atoms with Gasteiger partial charge in [-0.25, -0.2) is 0 Å². The lowest BCUT2D eigenvalue weighted by Crippen LogP contribution is -2.42. The standard InChI is InChI=1S/C17H23F3N2O3S/c1-11(22-2)12-3-5-13(6-4-12)16(25,17(18,19)20)8-10-26-9-7-14(21)15(23)24/h3-6,14,25H,7-10,21H2,1-2H3,(H,23,24). The van der Waals surface area contributed by atoms with Crippen molar-refractivity contribution in [3.8, 4) is 0 Å². The zero-order valence-corrected chi connectivity index (χ0v) is 15.4. The molecule has 2 atom stereocenters. The highest BCUT2D eigenvalue weighted by Gasteiger charge is 2.54. The quantitative estimate of drug-likeness (QED) is 0.444. The predicted molar refractivity (Wildman–Crippen MR) is 96.7 cm³/mol. The highest BCUT2D eigenvalue weighted by molar-refractivity contribution is 7.99. The summed E-state index contributed by atoms with van der Waals surface area (Å²) < 4.78 is 40.4. The van der Waals surface area contributed by atoms with E-state index in [0.29, 0.717) is 17.0 Å². The number of nitrogens with two attached hydrogens (primary N) is 1. The van der Waals surface area contributed by atoms with Gasteiger partial charge in [-0.15, -0.1) is 0 Å². The lowest BCUT2D eigenvalue weighted by atomic mass is 9.89. The molecular formula is C17H23F3N2O3S. The number of carboxylic acid groups (broad SMARTS) is 1. The number of aliphatic imine (C=N–C) groups is 1. The average molecular weight is 392 g/mol. The van der Waals surface area contributed by atoms with Crippen molar-refractivity contribution in [1.29, 1.82) is 0 Å². The summed E-state index contributed by atoms with van der Waals surface area (Å²) in [5.74, 6) is -0.838. The zero-order valence-electron chi connectivity index (χ0n) is 14.6. The van der Waals surface area contributed by atoms with E-state index in [4.69, 9.17) is 10.8 Å². The number of rotatable bonds is 9. The largest absolute Gasteiger partial charge is 0.480 e. The fourth-order valence-corrected chi connectivity index (χ4v) is 3.29. The number of thioether (sulfide) groups is 1. The predicted octanol–water partition coefficient (Wildman–Crippen LogP) is 2.80. The van der Waals surface area contributed by atoms with Gasteiger partial charge in [-0.05, 0) is 42.4 Å². The molecule has 0 radical (unpaired) electrons. The van der Waals surface area contributed by atoms with E-state index in [9.17, 15) is 23.1 Å². The summed E-state index contributed by atoms with van der Waals surface area (Å²) in [5.41, 5.74) is 3.50. The number of alkyl halides is 3. The zero-order chi connectivity index (χ0) is 20.0. The van der Waals surface area contributed by atoms with Crippen LogP contribution in [-0.2, 0) is 10.4 Å². The number of halogens is 3. The molecule has 146 valence electrons. The second-order valence-corrected chi connectivity index (χ2v) is 7.06. The van der Waals surface area contributed by atoms with E-state index in [0.717, 1.165) is 11.8 Å². The molecule has 0 heterocycles. The summed E-state index contributed by atoms with van der Waals surface area (Å²) in [7, 11) is 1.59. The maximum Gasteiger partial charge on any atom is 0.421 e. The highest BCUT2D eigenvalue weighted by Crippen LogP contribution is 2.42. The minimum atomic E-state index is -4.83. The van der Waals surface area contributed by atoms with Crippen molar-refractivity contribution >= 4 is 23.4 Å². The van der Waals surface area contributed by atoms with E-state index >= 15 is 0 Å². The van der Waals surface area contributed by atoms with Gasteiger partial charge in [0.05, 0.1) is 0 Å². The van der Waals surface area contributed by atoms with Crippen molar-refractivity contribution in [1.82, 2.24) is 0 Å². The van der Waals surface area contributed by atoms with E-state index in [1.54, 1.807) is 14.0 Å². The Morgan fingerprint density at radius 1 is 1.27 bits per heavy atom. The molecule has 0 bridgehead atoms. The van der Waals surface area contributed by atoms with Crippen LogP contribution in [0.1, 0.15) is 30.9 Å². The first-order valence-corrected chi connectivity index (χ1v) is 9.08. The molecule has 0 aromatic heterocycles. The van der Waals surface area contributed by atoms with Crippen LogP contribution < -0.4 is 5.73 Å². The van der Waals surface area contributed by atoms with Gasteiger partial charge in [0, 0.05) is 12.8 Å². The molecule has 4 N–H and O–H groups in total. The number of benzene rings is 1. The van der Waals surface area contributed by atoms with Crippen molar-refractivity contribution in [2.45, 2.75) is 37.6 Å². The Labute approximate surface area is 154 Å². The van der Waals surface area contributed by atoms with Crippen LogP contribution in [0.25, 0.3) is 0 Å². The molecule has 0 spiro atoms. The molecule has 5 nitrogen and oxygen atoms in total. The summed E-state index contributed by atoms with van der Waals surface area (Å²) in [6.45, 7) is 1.74. The second-order valence-electron chi connectivity index (χ2n) is 5.84. The molecule has 0 aliphatic heterocycles. The van der Waals surface area contributed by atoms with Gasteiger partial charge >= 0.3 is 12.1 Å². The minimum Gasteiger partial charge on any atom is -0.480 e. The average Bonchev–Trinajstić information content (AvgIpc) is 2.59. The van der Waals surface area contributed by atoms with Crippen LogP contribution in [0.15, 0.2) is 29.3 Å². The summed E-state index contributed by atoms with van der Waals surface area (Å²) in [6.07, 6.45) is -5.22. The Morgan fingerprint density at radius 2 is 1.85 bits per heavy atom. The Bertz CT molecular complexity index is 635. The van der Waals surface area contributed by atoms with Gasteiger partial charge in [-0.3, -0.25) is 9.79 Å². The first-order valence-electron chi connectivity index (χ1n) is 7.92. The first-order chi connectivity index (χ1) is 12.0. The molecule has 1 rings (SSSR count). The maximum atomic E-state index is 13.5. The molecule has 0 saturated carbocycles. The van der Waals surface area contributed by atoms with Gasteiger partial charge in [-0.1, -0.05) is 24.3 Å². The molecule has 2 unspecified atom stereocenters. The van der Waals surface area contributed by atoms with Gasteiger partial charge in [0.2, 0.25) is 0 Å². The smallest absolute Gasteiger partial charge is 0.421 e. The summed E-state index contributed by atoms with van der Waals surface area (Å²) in [5, 5.41) is 19.0. The molecule has 1 aromatic carbocycles. The molecule has 0 aliphatic carbocycles. The molecule has 0 saturated heterocycles. The minimum absolute atomic E-state index is 0.0134. The van der Waals surface area contributed by atoms with Crippen LogP contribution >= 0.6 is 11.8 Å². The van der Waals surface area contributed by atoms with Crippen molar-refractivity contribution in [3.63, 3.8) is 0 Å². The number of aliphatic carboxylic acids is 1. The fraction of sp³-hybridized carbons (Fsp3) is 0.529. The Balaban J connectivity index is 2.80. The van der Waals surface area contributed by atoms with Crippen LogP contribution in [0, 0.1) is 0 Å². The van der Waals surface area contributed by atoms with E-state index in [1.807, 2.05) is 0 Å². The Morgan fingerprint density at radius 3 is 2.31 bits per heavy atom. The molecule has 0 fully saturated rings. The lowest BCUT2D eigenvalue weighted by Gasteiger charge is -2.31. The van der Waals surface area contributed by atoms with Gasteiger partial charge in [0.25, 0.3) is 0 Å². The van der Waals surface area contributed by atoms with E-state index in [2.05, 4.69) is 4.99 Å². The Kier molecular flexibility index (Phi) is 8.11. The molecular weight excluding hydrogens is 369 g/mol. The van der Waals surface area contributed by atoms with Crippen LogP contribution in [0.4, 0.5) is 13.2 Å². The number of carboxylic acids is 1. The Hall–Kier alpha value is -1.58. The fourth-order valence-electron chi connectivity index (χ4n) is 2.22. The third kappa shape index (κ3) is 5.72. The van der Waals surface area contributed by atoms with Crippen molar-refractivity contribution in [2.75, 3.05) is 18.6 Å². The van der Waals surface area contributed by atoms with Crippen LogP contribution in [0.3, 0.4) is 0 Å². The van der Waals surface area contributed by atoms with Crippen LogP contribution in [-0.4, -0.2) is 52.7 Å². The van der Waals surface area contributed by atoms with Gasteiger partial charge in [0.15, 0.2) is 5.60 Å². The number of nitrogens with zero attached hydrogens (tertiary/aromatic N) is 1. The van der Waals surface area contributed by atoms with Crippen molar-refractivity contribution in [2.24, 2.45) is 10.7 Å². The van der Waals surface area contributed by atoms with Crippen LogP contribution in [0.5, 0.6) is 0 Å². The molecule has 0 amide bonds. The topological polar surface area (TPSA) is 95.9 Å². The van der Waals surface area contributed by atoms with Gasteiger partial charge < -0.3 is 15.9 Å². The number of hydrogen-bond donors (Lipinski definition) is 3. The van der Waals surface area contributed by atoms with Gasteiger partial charge in [0.1, 0.15) is 6.04 Å². The van der Waals surface area contributed by atoms with E-state index in [-0.39, 0.29) is 17.7 Å². The normalized spacial score (nSPS) is 16.2. The summed E-state index contributed by atoms with van der Waals surface area (Å²) in [4.78, 5) is 14.6. The monoisotopic (exact) mass is 392 g/mol. The second kappa shape index (κ2) is 9.38.